The molecule has 40 heavy (non-hydrogen) atoms. The van der Waals surface area contributed by atoms with Gasteiger partial charge in [0.25, 0.3) is 20.0 Å². The molecule has 0 saturated carbocycles. The summed E-state index contributed by atoms with van der Waals surface area (Å²) in [7, 11) is -8.37. The second-order valence-corrected chi connectivity index (χ2v) is 13.6. The molecule has 1 heterocycles. The van der Waals surface area contributed by atoms with Crippen molar-refractivity contribution < 1.29 is 19.6 Å². The number of hydrogen-bond acceptors (Lipinski definition) is 4. The average molecular weight is 582 g/mol. The third-order valence-electron chi connectivity index (χ3n) is 6.55. The van der Waals surface area contributed by atoms with Gasteiger partial charge in [0.05, 0.1) is 12.5 Å². The minimum absolute atomic E-state index is 0.0231. The Bertz CT molecular complexity index is 1660. The van der Waals surface area contributed by atoms with E-state index in [1.54, 1.807) is 36.4 Å². The lowest BCUT2D eigenvalue weighted by Gasteiger charge is -2.29. The number of rotatable bonds is 11. The molecule has 9 heteroatoms. The van der Waals surface area contributed by atoms with Crippen molar-refractivity contribution in [1.29, 1.82) is 0 Å². The van der Waals surface area contributed by atoms with E-state index in [1.807, 2.05) is 46.8 Å². The number of nitrogens with zero attached hydrogens (tertiary/aromatic N) is 3. The molecule has 4 aromatic rings. The highest BCUT2D eigenvalue weighted by Crippen LogP contribution is 2.36. The summed E-state index contributed by atoms with van der Waals surface area (Å²) in [5.41, 5.74) is 3.18. The van der Waals surface area contributed by atoms with Gasteiger partial charge in [-0.05, 0) is 82.1 Å². The Morgan fingerprint density at radius 3 is 1.25 bits per heavy atom. The fraction of sp³-hybridized carbons (Fsp3) is 0.290. The molecular weight excluding hydrogens is 542 g/mol. The monoisotopic (exact) mass is 581 g/mol. The van der Waals surface area contributed by atoms with E-state index in [2.05, 4.69) is 0 Å². The number of hydrogen-bond donors (Lipinski definition) is 0. The highest BCUT2D eigenvalue weighted by atomic mass is 32.2. The average Bonchev–Trinajstić information content (AvgIpc) is 3.20. The van der Waals surface area contributed by atoms with Gasteiger partial charge in [0.1, 0.15) is 11.6 Å². The van der Waals surface area contributed by atoms with Crippen LogP contribution >= 0.6 is 0 Å². The van der Waals surface area contributed by atoms with Gasteiger partial charge in [0.2, 0.25) is 0 Å². The summed E-state index contributed by atoms with van der Waals surface area (Å²) in [6, 6.07) is 19.3. The lowest BCUT2D eigenvalue weighted by atomic mass is 10.2. The van der Waals surface area contributed by atoms with E-state index in [4.69, 9.17) is 2.74 Å². The molecule has 0 aliphatic rings. The zero-order valence-corrected chi connectivity index (χ0v) is 25.2. The lowest BCUT2D eigenvalue weighted by Crippen LogP contribution is -2.36. The summed E-state index contributed by atoms with van der Waals surface area (Å²) in [5.74, 6) is -0.164. The molecule has 0 bridgehead atoms. The molecule has 0 saturated heterocycles. The van der Waals surface area contributed by atoms with Crippen molar-refractivity contribution in [1.82, 2.24) is 4.57 Å². The van der Waals surface area contributed by atoms with Gasteiger partial charge >= 0.3 is 0 Å². The Labute approximate surface area is 241 Å². The van der Waals surface area contributed by atoms with Crippen LogP contribution in [0, 0.1) is 20.8 Å². The van der Waals surface area contributed by atoms with Gasteiger partial charge in [-0.2, -0.15) is 0 Å². The van der Waals surface area contributed by atoms with E-state index in [0.29, 0.717) is 18.5 Å². The molecule has 0 N–H and O–H groups in total. The number of aromatic nitrogens is 1. The predicted octanol–water partition coefficient (Wildman–Crippen LogP) is 6.61. The molecule has 3 aromatic carbocycles. The van der Waals surface area contributed by atoms with E-state index in [0.717, 1.165) is 25.3 Å². The van der Waals surface area contributed by atoms with Gasteiger partial charge in [0, 0.05) is 18.8 Å². The Morgan fingerprint density at radius 1 is 0.600 bits per heavy atom. The summed E-state index contributed by atoms with van der Waals surface area (Å²) < 4.78 is 78.3. The molecule has 0 fully saturated rings. The fourth-order valence-electron chi connectivity index (χ4n) is 4.37. The zero-order chi connectivity index (χ0) is 30.8. The van der Waals surface area contributed by atoms with E-state index in [-0.39, 0.29) is 46.6 Å². The molecule has 0 aliphatic heterocycles. The first-order valence-corrected chi connectivity index (χ1v) is 16.2. The number of anilines is 2. The van der Waals surface area contributed by atoms with Crippen molar-refractivity contribution in [3.63, 3.8) is 0 Å². The summed E-state index contributed by atoms with van der Waals surface area (Å²) in [5, 5.41) is 0. The van der Waals surface area contributed by atoms with E-state index in [1.165, 1.54) is 28.8 Å². The van der Waals surface area contributed by atoms with Crippen molar-refractivity contribution >= 4 is 31.7 Å². The zero-order valence-electron chi connectivity index (χ0n) is 25.5. The Kier molecular flexibility index (Phi) is 7.93. The van der Waals surface area contributed by atoms with Crippen LogP contribution in [0.15, 0.2) is 94.7 Å². The Balaban J connectivity index is 2.08. The van der Waals surface area contributed by atoms with Crippen LogP contribution in [0.3, 0.4) is 0 Å². The van der Waals surface area contributed by atoms with Crippen molar-refractivity contribution in [2.75, 3.05) is 21.7 Å². The van der Waals surface area contributed by atoms with Gasteiger partial charge in [-0.25, -0.2) is 16.8 Å². The molecule has 212 valence electrons. The second kappa shape index (κ2) is 11.9. The number of sulfonamides is 2. The molecule has 0 radical (unpaired) electrons. The first-order valence-electron chi connectivity index (χ1n) is 14.3. The molecule has 4 rings (SSSR count). The first-order chi connectivity index (χ1) is 19.8. The van der Waals surface area contributed by atoms with Gasteiger partial charge in [-0.1, -0.05) is 66.9 Å². The maximum absolute atomic E-state index is 14.1. The van der Waals surface area contributed by atoms with Gasteiger partial charge in [-0.3, -0.25) is 13.2 Å². The maximum Gasteiger partial charge on any atom is 0.265 e. The van der Waals surface area contributed by atoms with Crippen LogP contribution in [0.5, 0.6) is 0 Å². The SMILES string of the molecule is [2H]c1c([2H])c(N(CCC)S(=O)(=O)c2ccc(C)cc2)n(-c2ccc(C)cc2)c1N(CCC)S(=O)(=O)c1ccc(C)cc1. The van der Waals surface area contributed by atoms with Crippen LogP contribution in [0.4, 0.5) is 11.6 Å². The van der Waals surface area contributed by atoms with Gasteiger partial charge in [0.15, 0.2) is 0 Å². The van der Waals surface area contributed by atoms with Crippen molar-refractivity contribution in [2.24, 2.45) is 0 Å². The molecule has 0 spiro atoms. The molecule has 7 nitrogen and oxygen atoms in total. The minimum Gasteiger partial charge on any atom is -0.281 e. The topological polar surface area (TPSA) is 79.7 Å². The predicted molar refractivity (Wildman–Crippen MR) is 163 cm³/mol. The molecule has 0 amide bonds. The summed E-state index contributed by atoms with van der Waals surface area (Å²) in [6.45, 7) is 9.33. The van der Waals surface area contributed by atoms with Crippen LogP contribution in [0.25, 0.3) is 5.69 Å². The normalized spacial score (nSPS) is 12.6. The molecule has 0 aliphatic carbocycles. The highest BCUT2D eigenvalue weighted by Gasteiger charge is 2.32. The summed E-state index contributed by atoms with van der Waals surface area (Å²) in [4.78, 5) is 0.0896. The van der Waals surface area contributed by atoms with E-state index >= 15 is 0 Å². The maximum atomic E-state index is 14.1. The quantitative estimate of drug-likeness (QED) is 0.200. The lowest BCUT2D eigenvalue weighted by molar-refractivity contribution is 0.589. The number of benzene rings is 3. The Hall–Kier alpha value is -3.56. The van der Waals surface area contributed by atoms with Gasteiger partial charge < -0.3 is 0 Å². The smallest absolute Gasteiger partial charge is 0.265 e. The van der Waals surface area contributed by atoms with Crippen molar-refractivity contribution in [2.45, 2.75) is 57.3 Å². The van der Waals surface area contributed by atoms with Crippen LogP contribution in [-0.2, 0) is 20.0 Å². The summed E-state index contributed by atoms with van der Waals surface area (Å²) in [6.07, 6.45) is 0.846. The van der Waals surface area contributed by atoms with E-state index < -0.39 is 20.0 Å². The third kappa shape index (κ3) is 5.81. The fourth-order valence-corrected chi connectivity index (χ4v) is 7.40. The molecule has 0 unspecified atom stereocenters. The van der Waals surface area contributed by atoms with Crippen molar-refractivity contribution in [3.8, 4) is 5.69 Å². The van der Waals surface area contributed by atoms with Crippen LogP contribution in [0.2, 0.25) is 0 Å². The third-order valence-corrected chi connectivity index (χ3v) is 10.2. The molecule has 1 aromatic heterocycles. The second-order valence-electron chi connectivity index (χ2n) is 9.85. The highest BCUT2D eigenvalue weighted by molar-refractivity contribution is 7.93. The van der Waals surface area contributed by atoms with Crippen LogP contribution in [-0.4, -0.2) is 34.5 Å². The standard InChI is InChI=1S/C31H37N3O4S2/c1-6-22-32(39(35,36)28-16-10-25(4)11-17-28)30-20-21-31(34(30)27-14-8-24(3)9-15-27)33(23-7-2)40(37,38)29-18-12-26(5)13-19-29/h8-21H,6-7,22-23H2,1-5H3/i20D,21D. The summed E-state index contributed by atoms with van der Waals surface area (Å²) >= 11 is 0. The van der Waals surface area contributed by atoms with E-state index in [9.17, 15) is 16.8 Å². The van der Waals surface area contributed by atoms with Gasteiger partial charge in [-0.15, -0.1) is 0 Å². The van der Waals surface area contributed by atoms with Crippen LogP contribution < -0.4 is 8.61 Å². The van der Waals surface area contributed by atoms with Crippen LogP contribution in [0.1, 0.15) is 46.1 Å². The molecular formula is C31H37N3O4S2. The molecule has 0 atom stereocenters. The number of aryl methyl sites for hydroxylation is 3. The first kappa shape index (κ1) is 26.7. The Morgan fingerprint density at radius 2 is 0.925 bits per heavy atom. The van der Waals surface area contributed by atoms with Crippen molar-refractivity contribution in [3.05, 3.63) is 102 Å². The largest absolute Gasteiger partial charge is 0.281 e. The minimum atomic E-state index is -4.19.